The lowest BCUT2D eigenvalue weighted by molar-refractivity contribution is -0.0723. The Hall–Kier alpha value is -1.81. The predicted molar refractivity (Wildman–Crippen MR) is 103 cm³/mol. The van der Waals surface area contributed by atoms with E-state index in [1.165, 1.54) is 0 Å². The average molecular weight is 388 g/mol. The number of likely N-dealkylation sites (N-methyl/N-ethyl adjacent to an activating group) is 1. The van der Waals surface area contributed by atoms with Crippen LogP contribution in [0, 0.1) is 0 Å². The summed E-state index contributed by atoms with van der Waals surface area (Å²) in [4.78, 5) is 18.4. The van der Waals surface area contributed by atoms with Gasteiger partial charge in [0.15, 0.2) is 17.0 Å². The fraction of sp³-hybridized carbons (Fsp3) is 0.737. The number of hydrogen-bond acceptors (Lipinski definition) is 8. The minimum absolute atomic E-state index is 0.236. The number of fused-ring (bicyclic) bond motifs is 2. The molecule has 0 aromatic carbocycles. The Labute approximate surface area is 164 Å². The zero-order valence-corrected chi connectivity index (χ0v) is 16.3. The monoisotopic (exact) mass is 388 g/mol. The summed E-state index contributed by atoms with van der Waals surface area (Å²) in [5.74, 6) is 0.872. The molecule has 2 aromatic rings. The molecule has 2 unspecified atom stereocenters. The van der Waals surface area contributed by atoms with E-state index in [1.807, 2.05) is 4.57 Å². The maximum atomic E-state index is 10.9. The van der Waals surface area contributed by atoms with Crippen molar-refractivity contribution >= 4 is 17.0 Å². The SMILES string of the molecule is CN1CCC2OCCN(c3ncnc4c3ncn4CC3(O)CCOCC3)C2C1. The summed E-state index contributed by atoms with van der Waals surface area (Å²) >= 11 is 0. The molecule has 1 N–H and O–H groups in total. The van der Waals surface area contributed by atoms with E-state index >= 15 is 0 Å². The number of likely N-dealkylation sites (tertiary alicyclic amines) is 1. The lowest BCUT2D eigenvalue weighted by atomic mass is 9.94. The van der Waals surface area contributed by atoms with Gasteiger partial charge in [0, 0.05) is 45.7 Å². The van der Waals surface area contributed by atoms with Gasteiger partial charge in [-0.3, -0.25) is 0 Å². The van der Waals surface area contributed by atoms with Crippen LogP contribution in [-0.4, -0.2) is 93.8 Å². The van der Waals surface area contributed by atoms with Crippen LogP contribution in [0.3, 0.4) is 0 Å². The smallest absolute Gasteiger partial charge is 0.165 e. The van der Waals surface area contributed by atoms with Crippen LogP contribution in [0.2, 0.25) is 0 Å². The zero-order chi connectivity index (χ0) is 19.1. The Balaban J connectivity index is 1.46. The molecule has 3 fully saturated rings. The van der Waals surface area contributed by atoms with Gasteiger partial charge in [-0.2, -0.15) is 0 Å². The molecule has 3 aliphatic rings. The lowest BCUT2D eigenvalue weighted by Gasteiger charge is -2.46. The number of morpholine rings is 1. The molecule has 3 aliphatic heterocycles. The Morgan fingerprint density at radius 3 is 2.89 bits per heavy atom. The highest BCUT2D eigenvalue weighted by molar-refractivity contribution is 5.83. The molecule has 152 valence electrons. The van der Waals surface area contributed by atoms with Crippen molar-refractivity contribution in [3.63, 3.8) is 0 Å². The first-order valence-electron chi connectivity index (χ1n) is 10.2. The van der Waals surface area contributed by atoms with Gasteiger partial charge in [-0.1, -0.05) is 0 Å². The van der Waals surface area contributed by atoms with Crippen molar-refractivity contribution in [2.45, 2.75) is 43.6 Å². The van der Waals surface area contributed by atoms with Crippen molar-refractivity contribution < 1.29 is 14.6 Å². The Morgan fingerprint density at radius 1 is 1.18 bits per heavy atom. The van der Waals surface area contributed by atoms with E-state index in [-0.39, 0.29) is 12.1 Å². The zero-order valence-electron chi connectivity index (χ0n) is 16.3. The van der Waals surface area contributed by atoms with E-state index in [1.54, 1.807) is 12.7 Å². The molecular formula is C19H28N6O3. The van der Waals surface area contributed by atoms with Crippen molar-refractivity contribution in [1.82, 2.24) is 24.4 Å². The molecule has 0 aliphatic carbocycles. The van der Waals surface area contributed by atoms with Gasteiger partial charge in [0.2, 0.25) is 0 Å². The number of hydrogen-bond donors (Lipinski definition) is 1. The summed E-state index contributed by atoms with van der Waals surface area (Å²) in [5, 5.41) is 10.9. The molecule has 5 heterocycles. The molecule has 2 aromatic heterocycles. The Bertz CT molecular complexity index is 836. The quantitative estimate of drug-likeness (QED) is 0.802. The van der Waals surface area contributed by atoms with Gasteiger partial charge in [-0.05, 0) is 13.5 Å². The highest BCUT2D eigenvalue weighted by Crippen LogP contribution is 2.31. The molecule has 0 saturated carbocycles. The summed E-state index contributed by atoms with van der Waals surface area (Å²) < 4.78 is 13.4. The number of ether oxygens (including phenoxy) is 2. The van der Waals surface area contributed by atoms with Gasteiger partial charge >= 0.3 is 0 Å². The lowest BCUT2D eigenvalue weighted by Crippen LogP contribution is -2.59. The van der Waals surface area contributed by atoms with Crippen molar-refractivity contribution in [2.75, 3.05) is 51.4 Å². The molecular weight excluding hydrogens is 360 g/mol. The Kier molecular flexibility index (Phi) is 4.70. The van der Waals surface area contributed by atoms with Crippen LogP contribution in [-0.2, 0) is 16.0 Å². The third-order valence-corrected chi connectivity index (χ3v) is 6.33. The summed E-state index contributed by atoms with van der Waals surface area (Å²) in [7, 11) is 2.15. The Morgan fingerprint density at radius 2 is 2.04 bits per heavy atom. The van der Waals surface area contributed by atoms with Gasteiger partial charge in [-0.25, -0.2) is 15.0 Å². The van der Waals surface area contributed by atoms with E-state index in [4.69, 9.17) is 9.47 Å². The summed E-state index contributed by atoms with van der Waals surface area (Å²) in [6.45, 7) is 5.18. The number of piperidine rings is 1. The van der Waals surface area contributed by atoms with Gasteiger partial charge < -0.3 is 28.9 Å². The standard InChI is InChI=1S/C19H28N6O3/c1-23-5-2-15-14(10-23)25(6-9-28-15)18-16-17(20-12-21-18)24(13-22-16)11-19(26)3-7-27-8-4-19/h12-15,26H,2-11H2,1H3. The van der Waals surface area contributed by atoms with Crippen LogP contribution in [0.1, 0.15) is 19.3 Å². The highest BCUT2D eigenvalue weighted by Gasteiger charge is 2.38. The largest absolute Gasteiger partial charge is 0.388 e. The van der Waals surface area contributed by atoms with Crippen molar-refractivity contribution in [1.29, 1.82) is 0 Å². The second kappa shape index (κ2) is 7.22. The van der Waals surface area contributed by atoms with E-state index in [9.17, 15) is 5.11 Å². The average Bonchev–Trinajstić information content (AvgIpc) is 3.10. The molecule has 0 amide bonds. The minimum atomic E-state index is -0.771. The third kappa shape index (κ3) is 3.26. The molecule has 0 bridgehead atoms. The second-order valence-corrected chi connectivity index (χ2v) is 8.30. The highest BCUT2D eigenvalue weighted by atomic mass is 16.5. The van der Waals surface area contributed by atoms with Gasteiger partial charge in [0.1, 0.15) is 6.33 Å². The van der Waals surface area contributed by atoms with Gasteiger partial charge in [-0.15, -0.1) is 0 Å². The van der Waals surface area contributed by atoms with E-state index < -0.39 is 5.60 Å². The first kappa shape index (κ1) is 18.2. The maximum absolute atomic E-state index is 10.9. The molecule has 0 radical (unpaired) electrons. The number of nitrogens with zero attached hydrogens (tertiary/aromatic N) is 6. The van der Waals surface area contributed by atoms with Crippen LogP contribution in [0.5, 0.6) is 0 Å². The van der Waals surface area contributed by atoms with Crippen LogP contribution in [0.25, 0.3) is 11.2 Å². The number of anilines is 1. The minimum Gasteiger partial charge on any atom is -0.388 e. The summed E-state index contributed by atoms with van der Waals surface area (Å²) in [6.07, 6.45) is 5.92. The van der Waals surface area contributed by atoms with Crippen molar-refractivity contribution in [3.8, 4) is 0 Å². The topological polar surface area (TPSA) is 88.8 Å². The van der Waals surface area contributed by atoms with Crippen LogP contribution < -0.4 is 4.90 Å². The fourth-order valence-electron chi connectivity index (χ4n) is 4.71. The molecule has 9 nitrogen and oxygen atoms in total. The maximum Gasteiger partial charge on any atom is 0.165 e. The molecule has 3 saturated heterocycles. The summed E-state index contributed by atoms with van der Waals surface area (Å²) in [5.41, 5.74) is 0.803. The van der Waals surface area contributed by atoms with E-state index in [2.05, 4.69) is 31.8 Å². The fourth-order valence-corrected chi connectivity index (χ4v) is 4.71. The number of rotatable bonds is 3. The van der Waals surface area contributed by atoms with Crippen LogP contribution >= 0.6 is 0 Å². The van der Waals surface area contributed by atoms with E-state index in [0.717, 1.165) is 43.0 Å². The molecule has 0 spiro atoms. The number of aromatic nitrogens is 4. The molecule has 9 heteroatoms. The van der Waals surface area contributed by atoms with Crippen LogP contribution in [0.15, 0.2) is 12.7 Å². The van der Waals surface area contributed by atoms with Gasteiger partial charge in [0.05, 0.1) is 37.2 Å². The van der Waals surface area contributed by atoms with Crippen LogP contribution in [0.4, 0.5) is 5.82 Å². The molecule has 2 atom stereocenters. The molecule has 5 rings (SSSR count). The number of aliphatic hydroxyl groups is 1. The molecule has 28 heavy (non-hydrogen) atoms. The van der Waals surface area contributed by atoms with E-state index in [0.29, 0.717) is 39.2 Å². The first-order chi connectivity index (χ1) is 13.6. The first-order valence-corrected chi connectivity index (χ1v) is 10.2. The van der Waals surface area contributed by atoms with Gasteiger partial charge in [0.25, 0.3) is 0 Å². The normalized spacial score (nSPS) is 28.4. The van der Waals surface area contributed by atoms with Crippen molar-refractivity contribution in [3.05, 3.63) is 12.7 Å². The number of imidazole rings is 1. The predicted octanol–water partition coefficient (Wildman–Crippen LogP) is 0.277. The van der Waals surface area contributed by atoms with Crippen molar-refractivity contribution in [2.24, 2.45) is 0 Å². The third-order valence-electron chi connectivity index (χ3n) is 6.33. The second-order valence-electron chi connectivity index (χ2n) is 8.30. The summed E-state index contributed by atoms with van der Waals surface area (Å²) in [6, 6.07) is 0.274.